The number of nitrogens with zero attached hydrogens (tertiary/aromatic N) is 2. The summed E-state index contributed by atoms with van der Waals surface area (Å²) in [4.78, 5) is 19.2. The molecule has 16 heavy (non-hydrogen) atoms. The van der Waals surface area contributed by atoms with E-state index < -0.39 is 0 Å². The minimum absolute atomic E-state index is 0.118. The van der Waals surface area contributed by atoms with Gasteiger partial charge < -0.3 is 10.2 Å². The summed E-state index contributed by atoms with van der Waals surface area (Å²) < 4.78 is 0. The lowest BCUT2D eigenvalue weighted by atomic mass is 10.1. The summed E-state index contributed by atoms with van der Waals surface area (Å²) in [5, 5.41) is 4.26. The molecule has 0 saturated carbocycles. The maximum absolute atomic E-state index is 12.3. The Morgan fingerprint density at radius 3 is 2.62 bits per heavy atom. The fraction of sp³-hybridized carbons (Fsp3) is 0.636. The van der Waals surface area contributed by atoms with Crippen molar-refractivity contribution in [1.82, 2.24) is 15.2 Å². The van der Waals surface area contributed by atoms with Crippen molar-refractivity contribution in [1.29, 1.82) is 0 Å². The fourth-order valence-electron chi connectivity index (χ4n) is 2.12. The van der Waals surface area contributed by atoms with Gasteiger partial charge in [-0.05, 0) is 20.8 Å². The van der Waals surface area contributed by atoms with E-state index in [1.807, 2.05) is 11.8 Å². The largest absolute Gasteiger partial charge is 0.330 e. The molecule has 2 heterocycles. The molecule has 1 N–H and O–H groups in total. The van der Waals surface area contributed by atoms with Crippen molar-refractivity contribution >= 4 is 17.2 Å². The Labute approximate surface area is 99.7 Å². The number of aromatic nitrogens is 1. The molecule has 1 saturated heterocycles. The molecule has 0 spiro atoms. The molecule has 1 fully saturated rings. The average Bonchev–Trinajstić information content (AvgIpc) is 2.64. The predicted molar refractivity (Wildman–Crippen MR) is 64.8 cm³/mol. The van der Waals surface area contributed by atoms with Crippen LogP contribution in [0.4, 0.5) is 0 Å². The molecule has 0 aliphatic carbocycles. The first-order chi connectivity index (χ1) is 7.59. The molecule has 1 aliphatic heterocycles. The maximum atomic E-state index is 12.3. The number of thiazole rings is 1. The van der Waals surface area contributed by atoms with Gasteiger partial charge in [0.15, 0.2) is 0 Å². The number of amides is 1. The monoisotopic (exact) mass is 239 g/mol. The Balaban J connectivity index is 2.19. The summed E-state index contributed by atoms with van der Waals surface area (Å²) in [6, 6.07) is 0.498. The van der Waals surface area contributed by atoms with E-state index in [4.69, 9.17) is 0 Å². The lowest BCUT2D eigenvalue weighted by molar-refractivity contribution is 0.0549. The summed E-state index contributed by atoms with van der Waals surface area (Å²) in [7, 11) is 0. The van der Waals surface area contributed by atoms with Gasteiger partial charge in [0.2, 0.25) is 0 Å². The van der Waals surface area contributed by atoms with Gasteiger partial charge in [0.1, 0.15) is 4.88 Å². The van der Waals surface area contributed by atoms with Crippen LogP contribution in [0.25, 0.3) is 0 Å². The third-order valence-corrected chi connectivity index (χ3v) is 3.80. The van der Waals surface area contributed by atoms with Crippen molar-refractivity contribution in [2.24, 2.45) is 0 Å². The van der Waals surface area contributed by atoms with Crippen molar-refractivity contribution < 1.29 is 4.79 Å². The third-order valence-electron chi connectivity index (χ3n) is 2.90. The molecular weight excluding hydrogens is 222 g/mol. The molecular formula is C11H17N3OS. The number of carbonyl (C=O) groups is 1. The molecule has 1 aromatic rings. The van der Waals surface area contributed by atoms with E-state index in [1.54, 1.807) is 6.20 Å². The van der Waals surface area contributed by atoms with Crippen molar-refractivity contribution in [3.63, 3.8) is 0 Å². The first-order valence-corrected chi connectivity index (χ1v) is 6.37. The molecule has 5 heteroatoms. The molecule has 1 aromatic heterocycles. The Bertz CT molecular complexity index is 380. The van der Waals surface area contributed by atoms with Crippen LogP contribution in [0.3, 0.4) is 0 Å². The number of hydrogen-bond acceptors (Lipinski definition) is 4. The van der Waals surface area contributed by atoms with Crippen LogP contribution in [-0.4, -0.2) is 41.0 Å². The highest BCUT2D eigenvalue weighted by atomic mass is 32.1. The van der Waals surface area contributed by atoms with E-state index in [1.165, 1.54) is 11.3 Å². The maximum Gasteiger partial charge on any atom is 0.266 e. The van der Waals surface area contributed by atoms with E-state index in [-0.39, 0.29) is 18.0 Å². The lowest BCUT2D eigenvalue weighted by Gasteiger charge is -2.39. The highest BCUT2D eigenvalue weighted by Gasteiger charge is 2.30. The number of piperazine rings is 1. The fourth-order valence-corrected chi connectivity index (χ4v) is 2.84. The van der Waals surface area contributed by atoms with Crippen LogP contribution in [0.2, 0.25) is 0 Å². The molecule has 0 aromatic carbocycles. The van der Waals surface area contributed by atoms with Gasteiger partial charge in [-0.2, -0.15) is 0 Å². The van der Waals surface area contributed by atoms with Crippen LogP contribution in [0.1, 0.15) is 28.5 Å². The summed E-state index contributed by atoms with van der Waals surface area (Å²) in [6.45, 7) is 7.82. The zero-order valence-electron chi connectivity index (χ0n) is 9.86. The molecule has 2 unspecified atom stereocenters. The minimum Gasteiger partial charge on any atom is -0.330 e. The second-order valence-electron chi connectivity index (χ2n) is 4.31. The minimum atomic E-state index is 0.118. The van der Waals surface area contributed by atoms with Crippen LogP contribution in [0.15, 0.2) is 6.20 Å². The number of rotatable bonds is 1. The first-order valence-electron chi connectivity index (χ1n) is 5.55. The smallest absolute Gasteiger partial charge is 0.266 e. The quantitative estimate of drug-likeness (QED) is 0.803. The van der Waals surface area contributed by atoms with Crippen LogP contribution < -0.4 is 5.32 Å². The van der Waals surface area contributed by atoms with E-state index in [9.17, 15) is 4.79 Å². The topological polar surface area (TPSA) is 45.2 Å². The standard InChI is InChI=1S/C11H17N3OS/c1-7-4-12-5-8(2)14(7)11(15)10-6-13-9(3)16-10/h6-8,12H,4-5H2,1-3H3. The Hall–Kier alpha value is -0.940. The van der Waals surface area contributed by atoms with Crippen LogP contribution in [-0.2, 0) is 0 Å². The summed E-state index contributed by atoms with van der Waals surface area (Å²) in [5.74, 6) is 0.118. The molecule has 0 bridgehead atoms. The first kappa shape index (κ1) is 11.5. The number of hydrogen-bond donors (Lipinski definition) is 1. The van der Waals surface area contributed by atoms with Crippen molar-refractivity contribution in [3.8, 4) is 0 Å². The van der Waals surface area contributed by atoms with Crippen molar-refractivity contribution in [2.45, 2.75) is 32.9 Å². The number of carbonyl (C=O) groups excluding carboxylic acids is 1. The Morgan fingerprint density at radius 1 is 1.50 bits per heavy atom. The van der Waals surface area contributed by atoms with E-state index in [2.05, 4.69) is 24.1 Å². The second kappa shape index (κ2) is 4.51. The molecule has 1 amide bonds. The highest BCUT2D eigenvalue weighted by Crippen LogP contribution is 2.19. The molecule has 1 aliphatic rings. The summed E-state index contributed by atoms with van der Waals surface area (Å²) in [6.07, 6.45) is 1.68. The molecule has 2 atom stereocenters. The van der Waals surface area contributed by atoms with Crippen LogP contribution in [0.5, 0.6) is 0 Å². The van der Waals surface area contributed by atoms with Crippen LogP contribution >= 0.6 is 11.3 Å². The SMILES string of the molecule is Cc1ncc(C(=O)N2C(C)CNCC2C)s1. The van der Waals surface area contributed by atoms with E-state index in [0.29, 0.717) is 0 Å². The number of aryl methyl sites for hydroxylation is 1. The van der Waals surface area contributed by atoms with Gasteiger partial charge in [0, 0.05) is 25.2 Å². The number of nitrogens with one attached hydrogen (secondary N) is 1. The van der Waals surface area contributed by atoms with Gasteiger partial charge in [0.05, 0.1) is 11.2 Å². The lowest BCUT2D eigenvalue weighted by Crippen LogP contribution is -2.57. The Kier molecular flexibility index (Phi) is 3.25. The summed E-state index contributed by atoms with van der Waals surface area (Å²) in [5.41, 5.74) is 0. The highest BCUT2D eigenvalue weighted by molar-refractivity contribution is 7.13. The van der Waals surface area contributed by atoms with Crippen LogP contribution in [0, 0.1) is 6.92 Å². The van der Waals surface area contributed by atoms with Gasteiger partial charge in [0.25, 0.3) is 5.91 Å². The van der Waals surface area contributed by atoms with Gasteiger partial charge in [-0.1, -0.05) is 0 Å². The zero-order valence-corrected chi connectivity index (χ0v) is 10.7. The molecule has 4 nitrogen and oxygen atoms in total. The van der Waals surface area contributed by atoms with Crippen molar-refractivity contribution in [3.05, 3.63) is 16.1 Å². The average molecular weight is 239 g/mol. The van der Waals surface area contributed by atoms with Gasteiger partial charge >= 0.3 is 0 Å². The normalized spacial score (nSPS) is 25.8. The molecule has 0 radical (unpaired) electrons. The van der Waals surface area contributed by atoms with Gasteiger partial charge in [-0.15, -0.1) is 11.3 Å². The Morgan fingerprint density at radius 2 is 2.12 bits per heavy atom. The van der Waals surface area contributed by atoms with Gasteiger partial charge in [-0.25, -0.2) is 4.98 Å². The van der Waals surface area contributed by atoms with E-state index in [0.717, 1.165) is 23.0 Å². The van der Waals surface area contributed by atoms with E-state index >= 15 is 0 Å². The van der Waals surface area contributed by atoms with Crippen molar-refractivity contribution in [2.75, 3.05) is 13.1 Å². The predicted octanol–water partition coefficient (Wildman–Crippen LogP) is 1.27. The summed E-state index contributed by atoms with van der Waals surface area (Å²) >= 11 is 1.47. The molecule has 2 rings (SSSR count). The second-order valence-corrected chi connectivity index (χ2v) is 5.55. The van der Waals surface area contributed by atoms with Gasteiger partial charge in [-0.3, -0.25) is 4.79 Å². The zero-order chi connectivity index (χ0) is 11.7. The third kappa shape index (κ3) is 2.10. The molecule has 88 valence electrons.